The van der Waals surface area contributed by atoms with Crippen molar-refractivity contribution in [2.45, 2.75) is 31.3 Å². The van der Waals surface area contributed by atoms with Gasteiger partial charge in [-0.25, -0.2) is 0 Å². The van der Waals surface area contributed by atoms with Gasteiger partial charge in [-0.2, -0.15) is 13.2 Å². The molecule has 1 aliphatic heterocycles. The molecule has 1 rings (SSSR count). The normalized spacial score (nSPS) is 22.9. The van der Waals surface area contributed by atoms with E-state index in [4.69, 9.17) is 0 Å². The summed E-state index contributed by atoms with van der Waals surface area (Å²) >= 11 is 0.0774. The Morgan fingerprint density at radius 3 is 2.81 bits per heavy atom. The first-order valence-corrected chi connectivity index (χ1v) is 6.66. The average Bonchev–Trinajstić information content (AvgIpc) is 2.61. The maximum Gasteiger partial charge on any atom is 0.441 e. The summed E-state index contributed by atoms with van der Waals surface area (Å²) < 4.78 is 35.7. The fourth-order valence-electron chi connectivity index (χ4n) is 1.84. The Morgan fingerprint density at radius 1 is 1.44 bits per heavy atom. The van der Waals surface area contributed by atoms with Gasteiger partial charge in [0.15, 0.2) is 0 Å². The van der Waals surface area contributed by atoms with E-state index in [1.807, 2.05) is 0 Å². The van der Waals surface area contributed by atoms with Gasteiger partial charge in [-0.1, -0.05) is 6.92 Å². The summed E-state index contributed by atoms with van der Waals surface area (Å²) in [5.74, 6) is 0.143. The second kappa shape index (κ2) is 6.71. The summed E-state index contributed by atoms with van der Waals surface area (Å²) in [6, 6.07) is 0.468. The van der Waals surface area contributed by atoms with E-state index in [1.54, 1.807) is 0 Å². The van der Waals surface area contributed by atoms with Crippen molar-refractivity contribution in [3.8, 4) is 0 Å². The predicted octanol–water partition coefficient (Wildman–Crippen LogP) is 2.31. The first-order valence-electron chi connectivity index (χ1n) is 5.67. The largest absolute Gasteiger partial charge is 0.441 e. The standard InChI is InChI=1S/C10H19F3N2S/c1-2-4-14-9-3-5-15(8-9)6-7-16-10(11,12)13/h9,14H,2-8H2,1H3. The van der Waals surface area contributed by atoms with Crippen molar-refractivity contribution in [3.63, 3.8) is 0 Å². The zero-order valence-electron chi connectivity index (χ0n) is 9.52. The number of hydrogen-bond donors (Lipinski definition) is 1. The Hall–Kier alpha value is 0.0600. The third-order valence-electron chi connectivity index (χ3n) is 2.63. The average molecular weight is 256 g/mol. The molecule has 0 saturated carbocycles. The van der Waals surface area contributed by atoms with Crippen LogP contribution in [-0.4, -0.2) is 48.4 Å². The molecule has 0 radical (unpaired) electrons. The van der Waals surface area contributed by atoms with Gasteiger partial charge in [0.05, 0.1) is 0 Å². The van der Waals surface area contributed by atoms with Crippen LogP contribution in [0, 0.1) is 0 Å². The van der Waals surface area contributed by atoms with E-state index in [0.717, 1.165) is 32.5 Å². The van der Waals surface area contributed by atoms with E-state index in [-0.39, 0.29) is 17.5 Å². The van der Waals surface area contributed by atoms with Crippen LogP contribution in [-0.2, 0) is 0 Å². The molecule has 0 aliphatic carbocycles. The van der Waals surface area contributed by atoms with Gasteiger partial charge in [-0.3, -0.25) is 0 Å². The van der Waals surface area contributed by atoms with Crippen molar-refractivity contribution in [2.24, 2.45) is 0 Å². The lowest BCUT2D eigenvalue weighted by Gasteiger charge is -2.16. The summed E-state index contributed by atoms with van der Waals surface area (Å²) in [4.78, 5) is 2.10. The number of thioether (sulfide) groups is 1. The third kappa shape index (κ3) is 5.96. The van der Waals surface area contributed by atoms with Gasteiger partial charge in [0.1, 0.15) is 0 Å². The fourth-order valence-corrected chi connectivity index (χ4v) is 2.42. The van der Waals surface area contributed by atoms with E-state index >= 15 is 0 Å². The number of likely N-dealkylation sites (tertiary alicyclic amines) is 1. The predicted molar refractivity (Wildman–Crippen MR) is 61.7 cm³/mol. The van der Waals surface area contributed by atoms with Gasteiger partial charge in [-0.05, 0) is 37.7 Å². The van der Waals surface area contributed by atoms with Crippen molar-refractivity contribution in [2.75, 3.05) is 31.9 Å². The Bertz CT molecular complexity index is 199. The van der Waals surface area contributed by atoms with Crippen LogP contribution in [0.15, 0.2) is 0 Å². The molecule has 1 atom stereocenters. The molecule has 1 heterocycles. The molecule has 0 amide bonds. The topological polar surface area (TPSA) is 15.3 Å². The molecule has 1 saturated heterocycles. The van der Waals surface area contributed by atoms with E-state index < -0.39 is 5.51 Å². The Labute approximate surface area is 98.9 Å². The molecule has 16 heavy (non-hydrogen) atoms. The minimum atomic E-state index is -4.08. The second-order valence-corrected chi connectivity index (χ2v) is 5.19. The number of nitrogens with zero attached hydrogens (tertiary/aromatic N) is 1. The molecule has 1 fully saturated rings. The maximum atomic E-state index is 11.9. The summed E-state index contributed by atoms with van der Waals surface area (Å²) in [6.45, 7) is 5.45. The SMILES string of the molecule is CCCNC1CCN(CCSC(F)(F)F)C1. The zero-order chi connectivity index (χ0) is 12.0. The molecule has 2 nitrogen and oxygen atoms in total. The Balaban J connectivity index is 2.07. The highest BCUT2D eigenvalue weighted by Crippen LogP contribution is 2.30. The monoisotopic (exact) mass is 256 g/mol. The van der Waals surface area contributed by atoms with E-state index in [1.165, 1.54) is 0 Å². The smallest absolute Gasteiger partial charge is 0.313 e. The van der Waals surface area contributed by atoms with Crippen LogP contribution in [0.3, 0.4) is 0 Å². The van der Waals surface area contributed by atoms with Crippen LogP contribution in [0.5, 0.6) is 0 Å². The minimum Gasteiger partial charge on any atom is -0.313 e. The molecule has 1 N–H and O–H groups in total. The fraction of sp³-hybridized carbons (Fsp3) is 1.00. The van der Waals surface area contributed by atoms with Crippen LogP contribution in [0.1, 0.15) is 19.8 Å². The van der Waals surface area contributed by atoms with Gasteiger partial charge in [0.2, 0.25) is 0 Å². The van der Waals surface area contributed by atoms with Crippen LogP contribution in [0.4, 0.5) is 13.2 Å². The molecule has 0 aromatic heterocycles. The van der Waals surface area contributed by atoms with E-state index in [9.17, 15) is 13.2 Å². The Kier molecular flexibility index (Phi) is 5.92. The zero-order valence-corrected chi connectivity index (χ0v) is 10.3. The highest BCUT2D eigenvalue weighted by Gasteiger charge is 2.29. The first kappa shape index (κ1) is 14.1. The van der Waals surface area contributed by atoms with Crippen molar-refractivity contribution >= 4 is 11.8 Å². The molecule has 1 unspecified atom stereocenters. The number of nitrogens with one attached hydrogen (secondary N) is 1. The Morgan fingerprint density at radius 2 is 2.19 bits per heavy atom. The van der Waals surface area contributed by atoms with E-state index in [2.05, 4.69) is 17.1 Å². The summed E-state index contributed by atoms with van der Waals surface area (Å²) in [6.07, 6.45) is 2.15. The molecule has 0 bridgehead atoms. The number of rotatable bonds is 6. The molecule has 6 heteroatoms. The highest BCUT2D eigenvalue weighted by molar-refractivity contribution is 8.00. The lowest BCUT2D eigenvalue weighted by atomic mass is 10.2. The van der Waals surface area contributed by atoms with Gasteiger partial charge in [-0.15, -0.1) is 0 Å². The first-order chi connectivity index (χ1) is 7.51. The lowest BCUT2D eigenvalue weighted by molar-refractivity contribution is -0.0328. The van der Waals surface area contributed by atoms with Crippen molar-refractivity contribution in [1.29, 1.82) is 0 Å². The quantitative estimate of drug-likeness (QED) is 0.785. The van der Waals surface area contributed by atoms with E-state index in [0.29, 0.717) is 12.6 Å². The van der Waals surface area contributed by atoms with Crippen molar-refractivity contribution in [1.82, 2.24) is 10.2 Å². The number of hydrogen-bond acceptors (Lipinski definition) is 3. The molecular formula is C10H19F3N2S. The molecule has 0 aromatic carbocycles. The summed E-state index contributed by atoms with van der Waals surface area (Å²) in [7, 11) is 0. The van der Waals surface area contributed by atoms with Gasteiger partial charge in [0, 0.05) is 24.9 Å². The van der Waals surface area contributed by atoms with Crippen LogP contribution < -0.4 is 5.32 Å². The van der Waals surface area contributed by atoms with Gasteiger partial charge < -0.3 is 10.2 Å². The lowest BCUT2D eigenvalue weighted by Crippen LogP contribution is -2.33. The minimum absolute atomic E-state index is 0.0774. The summed E-state index contributed by atoms with van der Waals surface area (Å²) in [5.41, 5.74) is -4.08. The number of halogens is 3. The van der Waals surface area contributed by atoms with Crippen LogP contribution in [0.25, 0.3) is 0 Å². The van der Waals surface area contributed by atoms with Crippen LogP contribution in [0.2, 0.25) is 0 Å². The molecule has 0 aromatic rings. The van der Waals surface area contributed by atoms with Gasteiger partial charge >= 0.3 is 5.51 Å². The van der Waals surface area contributed by atoms with Crippen molar-refractivity contribution in [3.05, 3.63) is 0 Å². The second-order valence-electron chi connectivity index (χ2n) is 4.03. The number of alkyl halides is 3. The molecule has 0 spiro atoms. The molecular weight excluding hydrogens is 237 g/mol. The van der Waals surface area contributed by atoms with Crippen molar-refractivity contribution < 1.29 is 13.2 Å². The summed E-state index contributed by atoms with van der Waals surface area (Å²) in [5, 5.41) is 3.40. The van der Waals surface area contributed by atoms with Crippen LogP contribution >= 0.6 is 11.8 Å². The van der Waals surface area contributed by atoms with Gasteiger partial charge in [0.25, 0.3) is 0 Å². The maximum absolute atomic E-state index is 11.9. The highest BCUT2D eigenvalue weighted by atomic mass is 32.2. The molecule has 1 aliphatic rings. The third-order valence-corrected chi connectivity index (χ3v) is 3.34. The molecule has 96 valence electrons.